The first-order chi connectivity index (χ1) is 35.4. The summed E-state index contributed by atoms with van der Waals surface area (Å²) in [4.78, 5) is 91.8. The van der Waals surface area contributed by atoms with E-state index in [4.69, 9.17) is 32.3 Å². The standard InChI is InChI=1S/C55H71IN9O7S2/c1-10-62-38-18-17-34-28-36(38)42-43(48(71-9)44-35(46(42)62)14-11-23-57-44)53(4,5)32-72-50(68)39-15-12-25-64(65(39)73)51(69)55(29-40-58-37(34)30-74-40)21-22-56-49(55)47(67)45(33(2)3)60(8)52(70)61-26-27-63(54(31-61)19-20-54)41(66)16-13-24-59(6)7/h11,13-14,16-18,23,28,30,33,39,43,45,48-49,73H,10,12,15,19-22,24-27,29,31-32H2,1-9H3/q-1/b16-13+/t39-,43?,45-,48-,49?,55+/m0/s1. The van der Waals surface area contributed by atoms with Crippen molar-refractivity contribution in [2.24, 2.45) is 16.7 Å². The van der Waals surface area contributed by atoms with Gasteiger partial charge in [0.25, 0.3) is 0 Å². The number of alkyl halides is 2. The van der Waals surface area contributed by atoms with Gasteiger partial charge in [-0.1, -0.05) is 0 Å². The minimum atomic E-state index is -1.20. The zero-order chi connectivity index (χ0) is 52.6. The number of benzene rings is 1. The number of esters is 1. The number of ketones is 1. The Morgan fingerprint density at radius 2 is 1.86 bits per heavy atom. The van der Waals surface area contributed by atoms with E-state index in [-0.39, 0.29) is 48.5 Å². The van der Waals surface area contributed by atoms with Crippen LogP contribution in [0.4, 0.5) is 4.79 Å². The van der Waals surface area contributed by atoms with Crippen LogP contribution < -0.4 is 21.2 Å². The van der Waals surface area contributed by atoms with E-state index in [1.807, 2.05) is 54.8 Å². The number of hydrogen-bond donors (Lipinski definition) is 1. The number of thiol groups is 1. The molecule has 4 amide bonds. The number of methoxy groups -OCH3 is 1. The van der Waals surface area contributed by atoms with Crippen molar-refractivity contribution in [3.63, 3.8) is 0 Å². The molecule has 7 heterocycles. The van der Waals surface area contributed by atoms with E-state index in [1.165, 1.54) is 15.8 Å². The molecule has 4 fully saturated rings. The van der Waals surface area contributed by atoms with Gasteiger partial charge in [-0.15, -0.1) is 0 Å². The number of Topliss-reactive ketones (excluding diaryl/α,β-unsaturated/α-hetero) is 1. The van der Waals surface area contributed by atoms with Crippen molar-refractivity contribution >= 4 is 64.7 Å². The quantitative estimate of drug-likeness (QED) is 0.0849. The molecule has 4 aromatic rings. The second-order valence-corrected chi connectivity index (χ2v) is 27.1. The second kappa shape index (κ2) is 20.5. The number of hydrogen-bond acceptors (Lipinski definition) is 13. The zero-order valence-electron chi connectivity index (χ0n) is 44.2. The number of cyclic esters (lactones) is 1. The van der Waals surface area contributed by atoms with Crippen molar-refractivity contribution in [1.82, 2.24) is 43.6 Å². The Bertz CT molecular complexity index is 2900. The Morgan fingerprint density at radius 3 is 2.58 bits per heavy atom. The molecule has 398 valence electrons. The molecule has 4 aliphatic heterocycles. The van der Waals surface area contributed by atoms with Gasteiger partial charge in [0.1, 0.15) is 0 Å². The van der Waals surface area contributed by atoms with Gasteiger partial charge in [0, 0.05) is 19.9 Å². The molecule has 16 nitrogen and oxygen atoms in total. The molecule has 74 heavy (non-hydrogen) atoms. The topological polar surface area (TPSA) is 154 Å². The molecular weight excluding hydrogens is 1090 g/mol. The molecule has 6 atom stereocenters. The number of nitrogens with zero attached hydrogens (tertiary/aromatic N) is 9. The van der Waals surface area contributed by atoms with Crippen molar-refractivity contribution in [3.05, 3.63) is 70.3 Å². The van der Waals surface area contributed by atoms with Gasteiger partial charge in [0.05, 0.1) is 5.69 Å². The summed E-state index contributed by atoms with van der Waals surface area (Å²) in [6.07, 6.45) is 8.18. The number of carbonyl (C=O) groups excluding carboxylic acids is 5. The van der Waals surface area contributed by atoms with Crippen molar-refractivity contribution in [3.8, 4) is 22.5 Å². The minimum absolute atomic E-state index is 0.0390. The zero-order valence-corrected chi connectivity index (χ0v) is 48.0. The number of fused-ring (bicyclic) bond motifs is 8. The van der Waals surface area contributed by atoms with Crippen LogP contribution in [0.5, 0.6) is 0 Å². The van der Waals surface area contributed by atoms with Crippen LogP contribution in [0.3, 0.4) is 0 Å². The average molecular weight is 1160 g/mol. The van der Waals surface area contributed by atoms with Crippen LogP contribution in [0.2, 0.25) is 0 Å². The van der Waals surface area contributed by atoms with Gasteiger partial charge in [0.2, 0.25) is 0 Å². The first-order valence-corrected chi connectivity index (χ1v) is 30.2. The van der Waals surface area contributed by atoms with Gasteiger partial charge >= 0.3 is 384 Å². The van der Waals surface area contributed by atoms with E-state index < -0.39 is 65.7 Å². The summed E-state index contributed by atoms with van der Waals surface area (Å²) < 4.78 is 16.7. The molecule has 19 heteroatoms. The SMILES string of the molecule is CCn1c2c3c4cc(ccc41)-c1csc(n1)C[C@@]1(CC[I-]C1C(=O)[C@H](C(C)C)N(C)C(=O)N1CCN(C(=O)/C=C/CN(C)C)C4(CC4)C1)C(=O)N1CCC[C@@H](C(=O)OCC(C)(C)C3[C@H](OC)c3ncccc3-2)N1S. The van der Waals surface area contributed by atoms with Crippen LogP contribution in [-0.4, -0.2) is 167 Å². The number of pyridine rings is 1. The van der Waals surface area contributed by atoms with Gasteiger partial charge in [-0.3, -0.25) is 4.98 Å². The molecule has 3 saturated heterocycles. The molecular formula is C55H71IN9O7S2-. The van der Waals surface area contributed by atoms with Crippen LogP contribution in [0.25, 0.3) is 33.4 Å². The Morgan fingerprint density at radius 1 is 1.08 bits per heavy atom. The van der Waals surface area contributed by atoms with Crippen LogP contribution >= 0.6 is 24.2 Å². The Hall–Kier alpha value is -4.41. The number of likely N-dealkylation sites (N-methyl/N-ethyl adjacent to an activating group) is 2. The number of rotatable bonds is 9. The summed E-state index contributed by atoms with van der Waals surface area (Å²) in [5, 5.41) is 5.45. The number of ether oxygens (including phenoxy) is 2. The van der Waals surface area contributed by atoms with Crippen molar-refractivity contribution in [1.29, 1.82) is 0 Å². The van der Waals surface area contributed by atoms with Gasteiger partial charge in [0.15, 0.2) is 0 Å². The Kier molecular flexibility index (Phi) is 14.7. The molecule has 1 saturated carbocycles. The summed E-state index contributed by atoms with van der Waals surface area (Å²) >= 11 is 5.60. The predicted molar refractivity (Wildman–Crippen MR) is 284 cm³/mol. The molecule has 1 aromatic carbocycles. The maximum atomic E-state index is 15.9. The van der Waals surface area contributed by atoms with Crippen molar-refractivity contribution in [2.45, 2.75) is 113 Å². The number of urea groups is 1. The van der Waals surface area contributed by atoms with Crippen LogP contribution in [0, 0.1) is 16.7 Å². The summed E-state index contributed by atoms with van der Waals surface area (Å²) in [7, 11) is 7.35. The Labute approximate surface area is 454 Å². The van der Waals surface area contributed by atoms with E-state index >= 15 is 9.59 Å². The number of aromatic nitrogens is 3. The van der Waals surface area contributed by atoms with Crippen LogP contribution in [0.1, 0.15) is 95.0 Å². The van der Waals surface area contributed by atoms with Gasteiger partial charge < -0.3 is 9.64 Å². The fourth-order valence-corrected chi connectivity index (χ4v) is 18.4. The first-order valence-electron chi connectivity index (χ1n) is 26.2. The van der Waals surface area contributed by atoms with Gasteiger partial charge in [-0.25, -0.2) is 0 Å². The Balaban J connectivity index is 1.02. The molecule has 10 rings (SSSR count). The predicted octanol–water partition coefficient (Wildman–Crippen LogP) is 4.10. The molecule has 0 radical (unpaired) electrons. The van der Waals surface area contributed by atoms with Crippen LogP contribution in [0.15, 0.2) is 54.1 Å². The number of amides is 4. The summed E-state index contributed by atoms with van der Waals surface area (Å²) in [6.45, 7) is 13.3. The summed E-state index contributed by atoms with van der Waals surface area (Å²) in [5.74, 6) is -1.40. The molecule has 2 spiro atoms. The van der Waals surface area contributed by atoms with Crippen molar-refractivity contribution < 1.29 is 54.7 Å². The monoisotopic (exact) mass is 1160 g/mol. The fraction of sp³-hybridized carbons (Fsp3) is 0.582. The van der Waals surface area contributed by atoms with E-state index in [0.29, 0.717) is 58.5 Å². The van der Waals surface area contributed by atoms with E-state index in [0.717, 1.165) is 67.0 Å². The summed E-state index contributed by atoms with van der Waals surface area (Å²) in [5.41, 5.74) is 4.55. The third-order valence-corrected chi connectivity index (χ3v) is 21.8. The molecule has 3 aromatic heterocycles. The average Bonchev–Trinajstić information content (AvgIpc) is 3.66. The molecule has 2 aliphatic carbocycles. The molecule has 6 aliphatic rings. The maximum absolute atomic E-state index is 15.9. The van der Waals surface area contributed by atoms with Crippen molar-refractivity contribution in [2.75, 3.05) is 72.0 Å². The van der Waals surface area contributed by atoms with E-state index in [2.05, 4.69) is 55.0 Å². The fourth-order valence-electron chi connectivity index (χ4n) is 12.8. The van der Waals surface area contributed by atoms with Gasteiger partial charge in [-0.05, 0) is 33.2 Å². The second-order valence-electron chi connectivity index (χ2n) is 22.5. The number of hydrazine groups is 1. The first kappa shape index (κ1) is 53.0. The summed E-state index contributed by atoms with van der Waals surface area (Å²) in [6, 6.07) is 8.67. The molecule has 2 unspecified atom stereocenters. The third-order valence-electron chi connectivity index (χ3n) is 16.6. The number of carbonyl (C=O) groups is 5. The molecule has 6 bridgehead atoms. The number of thiazole rings is 1. The normalized spacial score (nSPS) is 26.1. The number of aryl methyl sites for hydroxylation is 1. The van der Waals surface area contributed by atoms with E-state index in [9.17, 15) is 14.4 Å². The van der Waals surface area contributed by atoms with Gasteiger partial charge in [-0.2, -0.15) is 0 Å². The third kappa shape index (κ3) is 9.09. The molecule has 0 N–H and O–H groups in total. The van der Waals surface area contributed by atoms with Crippen LogP contribution in [-0.2, 0) is 41.6 Å². The number of halogens is 1. The van der Waals surface area contributed by atoms with E-state index in [1.54, 1.807) is 36.3 Å². The number of piperazine rings is 1.